The topological polar surface area (TPSA) is 93.2 Å². The largest absolute Gasteiger partial charge is 0.350 e. The Labute approximate surface area is 130 Å². The molecule has 0 aliphatic heterocycles. The number of rotatable bonds is 5. The van der Waals surface area contributed by atoms with Crippen molar-refractivity contribution in [2.45, 2.75) is 13.3 Å². The summed E-state index contributed by atoms with van der Waals surface area (Å²) in [5.74, 6) is 5.34. The second-order valence-corrected chi connectivity index (χ2v) is 5.30. The number of para-hydroxylation sites is 1. The van der Waals surface area contributed by atoms with Crippen molar-refractivity contribution in [1.82, 2.24) is 0 Å². The fourth-order valence-electron chi connectivity index (χ4n) is 2.08. The van der Waals surface area contributed by atoms with Crippen molar-refractivity contribution in [2.24, 2.45) is 5.84 Å². The molecule has 110 valence electrons. The third-order valence-corrected chi connectivity index (χ3v) is 3.58. The zero-order valence-corrected chi connectivity index (χ0v) is 13.0. The maximum Gasteiger partial charge on any atom is 0.316 e. The van der Waals surface area contributed by atoms with Crippen LogP contribution in [-0.2, 0) is 6.42 Å². The Hall–Kier alpha value is -2.12. The first-order valence-corrected chi connectivity index (χ1v) is 7.15. The Bertz CT molecular complexity index is 676. The first-order chi connectivity index (χ1) is 10.1. The SMILES string of the molecule is CCc1cc(Br)ccc1Nc1cccc(NN)c1[N+](=O)[O-]. The Kier molecular flexibility index (Phi) is 4.77. The molecule has 2 aromatic rings. The van der Waals surface area contributed by atoms with Gasteiger partial charge in [0.05, 0.1) is 4.92 Å². The van der Waals surface area contributed by atoms with Crippen LogP contribution in [0.3, 0.4) is 0 Å². The molecule has 0 radical (unpaired) electrons. The minimum absolute atomic E-state index is 0.0787. The molecule has 2 rings (SSSR count). The van der Waals surface area contributed by atoms with Crippen molar-refractivity contribution in [1.29, 1.82) is 0 Å². The van der Waals surface area contributed by atoms with Crippen LogP contribution in [0.1, 0.15) is 12.5 Å². The molecule has 0 atom stereocenters. The number of nitrogens with zero attached hydrogens (tertiary/aromatic N) is 1. The number of halogens is 1. The molecule has 0 heterocycles. The quantitative estimate of drug-likeness (QED) is 0.431. The van der Waals surface area contributed by atoms with E-state index in [1.165, 1.54) is 0 Å². The molecule has 0 fully saturated rings. The molecule has 0 amide bonds. The number of nitro groups is 1. The number of nitrogens with one attached hydrogen (secondary N) is 2. The Morgan fingerprint density at radius 3 is 2.57 bits per heavy atom. The van der Waals surface area contributed by atoms with Gasteiger partial charge in [0, 0.05) is 10.2 Å². The van der Waals surface area contributed by atoms with Crippen LogP contribution in [-0.4, -0.2) is 4.92 Å². The van der Waals surface area contributed by atoms with Gasteiger partial charge in [0.15, 0.2) is 0 Å². The van der Waals surface area contributed by atoms with E-state index < -0.39 is 4.92 Å². The van der Waals surface area contributed by atoms with Gasteiger partial charge in [0.2, 0.25) is 0 Å². The number of aryl methyl sites for hydroxylation is 1. The highest BCUT2D eigenvalue weighted by Crippen LogP contribution is 2.35. The molecule has 0 saturated carbocycles. The van der Waals surface area contributed by atoms with Gasteiger partial charge in [-0.25, -0.2) is 0 Å². The summed E-state index contributed by atoms with van der Waals surface area (Å²) in [5.41, 5.74) is 4.82. The van der Waals surface area contributed by atoms with Gasteiger partial charge in [-0.05, 0) is 42.3 Å². The molecule has 2 aromatic carbocycles. The van der Waals surface area contributed by atoms with Crippen molar-refractivity contribution < 1.29 is 4.92 Å². The summed E-state index contributed by atoms with van der Waals surface area (Å²) < 4.78 is 0.969. The highest BCUT2D eigenvalue weighted by Gasteiger charge is 2.19. The van der Waals surface area contributed by atoms with Gasteiger partial charge in [-0.2, -0.15) is 0 Å². The van der Waals surface area contributed by atoms with Gasteiger partial charge in [-0.15, -0.1) is 0 Å². The van der Waals surface area contributed by atoms with Crippen LogP contribution in [0.5, 0.6) is 0 Å². The van der Waals surface area contributed by atoms with Crippen LogP contribution in [0.2, 0.25) is 0 Å². The van der Waals surface area contributed by atoms with Gasteiger partial charge >= 0.3 is 5.69 Å². The van der Waals surface area contributed by atoms with E-state index >= 15 is 0 Å². The van der Waals surface area contributed by atoms with Crippen LogP contribution in [0.25, 0.3) is 0 Å². The lowest BCUT2D eigenvalue weighted by molar-refractivity contribution is -0.383. The summed E-state index contributed by atoms with van der Waals surface area (Å²) in [6.45, 7) is 2.03. The fraction of sp³-hybridized carbons (Fsp3) is 0.143. The van der Waals surface area contributed by atoms with Crippen molar-refractivity contribution in [3.63, 3.8) is 0 Å². The second kappa shape index (κ2) is 6.55. The molecular weight excluding hydrogens is 336 g/mol. The monoisotopic (exact) mass is 350 g/mol. The first-order valence-electron chi connectivity index (χ1n) is 6.36. The number of hydrazine groups is 1. The molecule has 0 aromatic heterocycles. The number of benzene rings is 2. The van der Waals surface area contributed by atoms with Gasteiger partial charge in [0.25, 0.3) is 0 Å². The van der Waals surface area contributed by atoms with E-state index in [-0.39, 0.29) is 11.4 Å². The van der Waals surface area contributed by atoms with E-state index in [1.807, 2.05) is 25.1 Å². The predicted molar refractivity (Wildman–Crippen MR) is 87.7 cm³/mol. The highest BCUT2D eigenvalue weighted by molar-refractivity contribution is 9.10. The van der Waals surface area contributed by atoms with Crippen LogP contribution >= 0.6 is 15.9 Å². The number of anilines is 3. The zero-order valence-electron chi connectivity index (χ0n) is 11.4. The fourth-order valence-corrected chi connectivity index (χ4v) is 2.49. The standard InChI is InChI=1S/C14H15BrN4O2/c1-2-9-8-10(15)6-7-11(9)17-12-4-3-5-13(18-16)14(12)19(20)21/h3-8,17-18H,2,16H2,1H3. The van der Waals surface area contributed by atoms with Crippen LogP contribution in [0.4, 0.5) is 22.7 Å². The Balaban J connectivity index is 2.47. The number of nitro benzene ring substituents is 1. The van der Waals surface area contributed by atoms with Crippen molar-refractivity contribution in [2.75, 3.05) is 10.7 Å². The molecule has 0 bridgehead atoms. The second-order valence-electron chi connectivity index (χ2n) is 4.38. The van der Waals surface area contributed by atoms with Gasteiger partial charge in [-0.1, -0.05) is 28.9 Å². The lowest BCUT2D eigenvalue weighted by Gasteiger charge is -2.13. The van der Waals surface area contributed by atoms with Gasteiger partial charge in [0.1, 0.15) is 11.4 Å². The van der Waals surface area contributed by atoms with E-state index in [9.17, 15) is 10.1 Å². The van der Waals surface area contributed by atoms with Gasteiger partial charge < -0.3 is 10.7 Å². The molecule has 0 aliphatic rings. The van der Waals surface area contributed by atoms with Crippen molar-refractivity contribution in [3.8, 4) is 0 Å². The molecule has 7 heteroatoms. The predicted octanol–water partition coefficient (Wildman–Crippen LogP) is 3.95. The van der Waals surface area contributed by atoms with E-state index in [2.05, 4.69) is 26.7 Å². The molecule has 0 aliphatic carbocycles. The first kappa shape index (κ1) is 15.3. The van der Waals surface area contributed by atoms with Crippen LogP contribution < -0.4 is 16.6 Å². The summed E-state index contributed by atoms with van der Waals surface area (Å²) >= 11 is 3.42. The number of hydrogen-bond donors (Lipinski definition) is 3. The smallest absolute Gasteiger partial charge is 0.316 e. The normalized spacial score (nSPS) is 10.2. The zero-order chi connectivity index (χ0) is 15.4. The lowest BCUT2D eigenvalue weighted by atomic mass is 10.1. The lowest BCUT2D eigenvalue weighted by Crippen LogP contribution is -2.10. The summed E-state index contributed by atoms with van der Waals surface area (Å²) in [6.07, 6.45) is 0.810. The third-order valence-electron chi connectivity index (χ3n) is 3.09. The van der Waals surface area contributed by atoms with E-state index in [1.54, 1.807) is 18.2 Å². The maximum atomic E-state index is 11.3. The molecule has 4 N–H and O–H groups in total. The van der Waals surface area contributed by atoms with Crippen molar-refractivity contribution >= 4 is 38.7 Å². The molecular formula is C14H15BrN4O2. The minimum Gasteiger partial charge on any atom is -0.350 e. The van der Waals surface area contributed by atoms with Crippen molar-refractivity contribution in [3.05, 3.63) is 56.5 Å². The Morgan fingerprint density at radius 2 is 1.95 bits per heavy atom. The summed E-state index contributed by atoms with van der Waals surface area (Å²) in [6, 6.07) is 10.7. The average molecular weight is 351 g/mol. The maximum absolute atomic E-state index is 11.3. The van der Waals surface area contributed by atoms with E-state index in [4.69, 9.17) is 5.84 Å². The minimum atomic E-state index is -0.456. The summed E-state index contributed by atoms with van der Waals surface area (Å²) in [4.78, 5) is 10.8. The summed E-state index contributed by atoms with van der Waals surface area (Å²) in [5, 5.41) is 14.4. The molecule has 0 saturated heterocycles. The van der Waals surface area contributed by atoms with Crippen LogP contribution in [0, 0.1) is 10.1 Å². The Morgan fingerprint density at radius 1 is 1.24 bits per heavy atom. The molecule has 21 heavy (non-hydrogen) atoms. The van der Waals surface area contributed by atoms with E-state index in [0.29, 0.717) is 5.69 Å². The number of nitrogens with two attached hydrogens (primary N) is 1. The molecule has 0 spiro atoms. The van der Waals surface area contributed by atoms with E-state index in [0.717, 1.165) is 22.1 Å². The molecule has 6 nitrogen and oxygen atoms in total. The number of nitrogen functional groups attached to an aromatic ring is 1. The molecule has 0 unspecified atom stereocenters. The van der Waals surface area contributed by atoms with Crippen LogP contribution in [0.15, 0.2) is 40.9 Å². The van der Waals surface area contributed by atoms with Gasteiger partial charge in [-0.3, -0.25) is 16.0 Å². The summed E-state index contributed by atoms with van der Waals surface area (Å²) in [7, 11) is 0. The highest BCUT2D eigenvalue weighted by atomic mass is 79.9. The number of hydrogen-bond acceptors (Lipinski definition) is 5. The average Bonchev–Trinajstić information content (AvgIpc) is 2.48. The third kappa shape index (κ3) is 3.32.